The van der Waals surface area contributed by atoms with Gasteiger partial charge in [-0.1, -0.05) is 65.7 Å². The molecule has 0 spiro atoms. The van der Waals surface area contributed by atoms with E-state index in [0.717, 1.165) is 29.7 Å². The zero-order valence-corrected chi connectivity index (χ0v) is 19.0. The zero-order chi connectivity index (χ0) is 23.2. The Labute approximate surface area is 201 Å². The average molecular weight is 482 g/mol. The van der Waals surface area contributed by atoms with Crippen LogP contribution in [0.25, 0.3) is 0 Å². The highest BCUT2D eigenvalue weighted by Gasteiger charge is 2.52. The van der Waals surface area contributed by atoms with Gasteiger partial charge in [0.1, 0.15) is 0 Å². The number of para-hydroxylation sites is 1. The van der Waals surface area contributed by atoms with Crippen LogP contribution in [0.2, 0.25) is 10.0 Å². The van der Waals surface area contributed by atoms with Gasteiger partial charge in [0.15, 0.2) is 0 Å². The van der Waals surface area contributed by atoms with E-state index in [1.807, 2.05) is 24.3 Å². The van der Waals surface area contributed by atoms with Gasteiger partial charge in [0.25, 0.3) is 11.6 Å². The lowest BCUT2D eigenvalue weighted by Gasteiger charge is -2.43. The fourth-order valence-electron chi connectivity index (χ4n) is 4.65. The van der Waals surface area contributed by atoms with Gasteiger partial charge < -0.3 is 15.7 Å². The molecule has 6 nitrogen and oxygen atoms in total. The first-order chi connectivity index (χ1) is 15.9. The van der Waals surface area contributed by atoms with Crippen LogP contribution in [-0.4, -0.2) is 17.0 Å². The summed E-state index contributed by atoms with van der Waals surface area (Å²) in [6, 6.07) is 18.2. The lowest BCUT2D eigenvalue weighted by atomic mass is 9.87. The highest BCUT2D eigenvalue weighted by Crippen LogP contribution is 2.42. The summed E-state index contributed by atoms with van der Waals surface area (Å²) in [6.07, 6.45) is 2.58. The molecule has 0 unspecified atom stereocenters. The molecule has 1 aliphatic carbocycles. The number of fused-ring (bicyclic) bond motifs is 2. The Morgan fingerprint density at radius 3 is 2.64 bits per heavy atom. The van der Waals surface area contributed by atoms with Crippen molar-refractivity contribution < 1.29 is 14.7 Å². The number of aliphatic hydroxyl groups is 1. The largest absolute Gasteiger partial charge is 0.359 e. The third-order valence-electron chi connectivity index (χ3n) is 6.22. The first-order valence-electron chi connectivity index (χ1n) is 10.7. The third kappa shape index (κ3) is 3.64. The molecule has 3 aromatic carbocycles. The molecule has 5 rings (SSSR count). The Balaban J connectivity index is 1.60. The summed E-state index contributed by atoms with van der Waals surface area (Å²) in [5, 5.41) is 18.2. The number of nitrogens with one attached hydrogen (secondary N) is 2. The normalized spacial score (nSPS) is 21.6. The van der Waals surface area contributed by atoms with Gasteiger partial charge in [0.2, 0.25) is 0 Å². The molecule has 1 aliphatic heterocycles. The second kappa shape index (κ2) is 8.37. The van der Waals surface area contributed by atoms with E-state index in [1.54, 1.807) is 24.3 Å². The number of nitrogens with zero attached hydrogens (tertiary/aromatic N) is 1. The molecule has 0 fully saturated rings. The first-order valence-corrected chi connectivity index (χ1v) is 11.4. The number of urea groups is 1. The van der Waals surface area contributed by atoms with E-state index in [-0.39, 0.29) is 22.3 Å². The van der Waals surface area contributed by atoms with Gasteiger partial charge in [0, 0.05) is 5.56 Å². The maximum Gasteiger partial charge on any atom is 0.329 e. The van der Waals surface area contributed by atoms with Crippen molar-refractivity contribution in [3.63, 3.8) is 0 Å². The number of rotatable bonds is 3. The predicted octanol–water partition coefficient (Wildman–Crippen LogP) is 5.38. The molecule has 168 valence electrons. The lowest BCUT2D eigenvalue weighted by molar-refractivity contribution is -0.141. The molecule has 3 aromatic rings. The van der Waals surface area contributed by atoms with Crippen LogP contribution in [0, 0.1) is 0 Å². The molecule has 3 amide bonds. The Morgan fingerprint density at radius 2 is 1.82 bits per heavy atom. The van der Waals surface area contributed by atoms with E-state index >= 15 is 0 Å². The summed E-state index contributed by atoms with van der Waals surface area (Å²) in [4.78, 5) is 28.0. The minimum Gasteiger partial charge on any atom is -0.359 e. The number of benzene rings is 3. The molecule has 2 atom stereocenters. The van der Waals surface area contributed by atoms with E-state index in [4.69, 9.17) is 23.2 Å². The molecule has 1 heterocycles. The van der Waals surface area contributed by atoms with Crippen LogP contribution in [0.5, 0.6) is 0 Å². The van der Waals surface area contributed by atoms with Gasteiger partial charge in [-0.15, -0.1) is 0 Å². The van der Waals surface area contributed by atoms with Crippen LogP contribution in [0.4, 0.5) is 16.2 Å². The summed E-state index contributed by atoms with van der Waals surface area (Å²) < 4.78 is 0. The van der Waals surface area contributed by atoms with Crippen molar-refractivity contribution in [2.45, 2.75) is 31.0 Å². The molecule has 0 saturated carbocycles. The van der Waals surface area contributed by atoms with Crippen LogP contribution in [-0.2, 0) is 16.9 Å². The molecule has 33 heavy (non-hydrogen) atoms. The van der Waals surface area contributed by atoms with Gasteiger partial charge >= 0.3 is 6.03 Å². The van der Waals surface area contributed by atoms with Crippen molar-refractivity contribution in [1.82, 2.24) is 5.32 Å². The topological polar surface area (TPSA) is 81.7 Å². The van der Waals surface area contributed by atoms with Crippen LogP contribution in [0.3, 0.4) is 0 Å². The molecule has 0 aromatic heterocycles. The lowest BCUT2D eigenvalue weighted by Crippen LogP contribution is -2.63. The first kappa shape index (κ1) is 21.8. The number of hydrogen-bond acceptors (Lipinski definition) is 3. The summed E-state index contributed by atoms with van der Waals surface area (Å²) >= 11 is 12.2. The molecule has 8 heteroatoms. The van der Waals surface area contributed by atoms with Crippen molar-refractivity contribution in [2.75, 3.05) is 10.2 Å². The summed E-state index contributed by atoms with van der Waals surface area (Å²) in [5.41, 5.74) is 0.748. The monoisotopic (exact) mass is 481 g/mol. The van der Waals surface area contributed by atoms with Crippen LogP contribution < -0.4 is 15.5 Å². The van der Waals surface area contributed by atoms with Crippen LogP contribution >= 0.6 is 23.2 Å². The number of carbonyl (C=O) groups excluding carboxylic acids is 2. The number of anilines is 2. The Kier molecular flexibility index (Phi) is 5.52. The van der Waals surface area contributed by atoms with Gasteiger partial charge in [-0.25, -0.2) is 4.79 Å². The number of hydrogen-bond donors (Lipinski definition) is 3. The highest BCUT2D eigenvalue weighted by molar-refractivity contribution is 6.42. The summed E-state index contributed by atoms with van der Waals surface area (Å²) in [6.45, 7) is 0. The number of halogens is 2. The fraction of sp³-hybridized carbons (Fsp3) is 0.200. The fourth-order valence-corrected chi connectivity index (χ4v) is 4.94. The minimum atomic E-state index is -2.30. The minimum absolute atomic E-state index is 0.199. The van der Waals surface area contributed by atoms with Crippen molar-refractivity contribution in [3.8, 4) is 0 Å². The molecule has 0 radical (unpaired) electrons. The molecular weight excluding hydrogens is 461 g/mol. The van der Waals surface area contributed by atoms with E-state index in [2.05, 4.69) is 10.6 Å². The number of carbonyl (C=O) groups is 2. The van der Waals surface area contributed by atoms with Crippen molar-refractivity contribution in [2.24, 2.45) is 0 Å². The zero-order valence-electron chi connectivity index (χ0n) is 17.5. The van der Waals surface area contributed by atoms with E-state index < -0.39 is 17.7 Å². The quantitative estimate of drug-likeness (QED) is 0.469. The van der Waals surface area contributed by atoms with Crippen LogP contribution in [0.15, 0.2) is 66.7 Å². The number of amides is 3. The maximum absolute atomic E-state index is 13.8. The molecule has 2 aliphatic rings. The molecular formula is C25H21Cl2N3O3. The van der Waals surface area contributed by atoms with Gasteiger partial charge in [-0.3, -0.25) is 9.69 Å². The Morgan fingerprint density at radius 1 is 1.06 bits per heavy atom. The van der Waals surface area contributed by atoms with Crippen molar-refractivity contribution in [1.29, 1.82) is 0 Å². The third-order valence-corrected chi connectivity index (χ3v) is 6.96. The van der Waals surface area contributed by atoms with E-state index in [0.29, 0.717) is 10.7 Å². The van der Waals surface area contributed by atoms with Crippen molar-refractivity contribution in [3.05, 3.63) is 93.5 Å². The maximum atomic E-state index is 13.8. The molecule has 3 N–H and O–H groups in total. The predicted molar refractivity (Wildman–Crippen MR) is 129 cm³/mol. The second-order valence-electron chi connectivity index (χ2n) is 8.20. The van der Waals surface area contributed by atoms with Crippen LogP contribution in [0.1, 0.15) is 35.6 Å². The summed E-state index contributed by atoms with van der Waals surface area (Å²) in [7, 11) is 0. The Bertz CT molecular complexity index is 1270. The number of aryl methyl sites for hydroxylation is 1. The second-order valence-corrected chi connectivity index (χ2v) is 9.01. The van der Waals surface area contributed by atoms with E-state index in [1.165, 1.54) is 23.8 Å². The highest BCUT2D eigenvalue weighted by atomic mass is 35.5. The summed E-state index contributed by atoms with van der Waals surface area (Å²) in [5.74, 6) is -0.697. The standard InChI is InChI=1S/C25H21Cl2N3O3/c26-19-13-12-16(14-20(19)27)30-24(32)29-22-10-4-3-9-18(22)25(30,33)23(31)28-21-11-5-7-15-6-1-2-8-17(15)21/h1-4,6,8-10,12-14,21,33H,5,7,11H2,(H,28,31)(H,29,32)/t21-,25-/m0/s1. The average Bonchev–Trinajstić information content (AvgIpc) is 2.81. The van der Waals surface area contributed by atoms with Crippen molar-refractivity contribution >= 4 is 46.5 Å². The molecule has 0 saturated heterocycles. The molecule has 0 bridgehead atoms. The van der Waals surface area contributed by atoms with Gasteiger partial charge in [-0.05, 0) is 54.7 Å². The van der Waals surface area contributed by atoms with E-state index in [9.17, 15) is 14.7 Å². The van der Waals surface area contributed by atoms with Gasteiger partial charge in [-0.2, -0.15) is 0 Å². The smallest absolute Gasteiger partial charge is 0.329 e. The SMILES string of the molecule is O=C1Nc2ccccc2[C@](O)(C(=O)N[C@H]2CCCc3ccccc32)N1c1ccc(Cl)c(Cl)c1. The van der Waals surface area contributed by atoms with Gasteiger partial charge in [0.05, 0.1) is 27.5 Å². The Hall–Kier alpha value is -3.06.